The van der Waals surface area contributed by atoms with Crippen LogP contribution in [0.5, 0.6) is 11.5 Å². The van der Waals surface area contributed by atoms with Gasteiger partial charge in [-0.2, -0.15) is 0 Å². The van der Waals surface area contributed by atoms with Crippen molar-refractivity contribution in [3.8, 4) is 11.5 Å². The van der Waals surface area contributed by atoms with E-state index in [0.717, 1.165) is 24.3 Å². The van der Waals surface area contributed by atoms with Crippen LogP contribution in [0.4, 0.5) is 4.79 Å². The summed E-state index contributed by atoms with van der Waals surface area (Å²) in [6.45, 7) is 8.73. The quantitative estimate of drug-likeness (QED) is 0.261. The van der Waals surface area contributed by atoms with Crippen molar-refractivity contribution in [2.24, 2.45) is 10.7 Å². The van der Waals surface area contributed by atoms with E-state index in [4.69, 9.17) is 19.9 Å². The predicted molar refractivity (Wildman–Crippen MR) is 129 cm³/mol. The molecule has 0 atom stereocenters. The number of rotatable bonds is 6. The molecule has 0 saturated carbocycles. The first-order valence-electron chi connectivity index (χ1n) is 9.97. The fourth-order valence-electron chi connectivity index (χ4n) is 3.06. The Labute approximate surface area is 196 Å². The van der Waals surface area contributed by atoms with Gasteiger partial charge in [-0.15, -0.1) is 24.0 Å². The van der Waals surface area contributed by atoms with Crippen LogP contribution in [0.25, 0.3) is 0 Å². The number of hydrogen-bond donors (Lipinski definition) is 1. The zero-order valence-corrected chi connectivity index (χ0v) is 21.0. The van der Waals surface area contributed by atoms with E-state index in [0.29, 0.717) is 38.7 Å². The summed E-state index contributed by atoms with van der Waals surface area (Å²) in [7, 11) is 3.26. The fraction of sp³-hybridized carbons (Fsp3) is 0.619. The second-order valence-electron chi connectivity index (χ2n) is 7.99. The molecule has 1 saturated heterocycles. The van der Waals surface area contributed by atoms with Crippen LogP contribution in [-0.4, -0.2) is 74.4 Å². The summed E-state index contributed by atoms with van der Waals surface area (Å²) in [5.41, 5.74) is 6.82. The molecule has 170 valence electrons. The number of halogens is 1. The largest absolute Gasteiger partial charge is 0.493 e. The minimum absolute atomic E-state index is 0. The van der Waals surface area contributed by atoms with Crippen molar-refractivity contribution in [1.82, 2.24) is 9.80 Å². The second kappa shape index (κ2) is 12.1. The lowest BCUT2D eigenvalue weighted by atomic mass is 10.1. The molecule has 9 heteroatoms. The van der Waals surface area contributed by atoms with Gasteiger partial charge in [-0.25, -0.2) is 4.79 Å². The number of ether oxygens (including phenoxy) is 3. The van der Waals surface area contributed by atoms with E-state index in [1.807, 2.05) is 43.9 Å². The predicted octanol–water partition coefficient (Wildman–Crippen LogP) is 3.12. The van der Waals surface area contributed by atoms with Crippen LogP contribution in [0.2, 0.25) is 0 Å². The van der Waals surface area contributed by atoms with E-state index in [1.54, 1.807) is 19.1 Å². The Hall–Kier alpha value is -1.91. The van der Waals surface area contributed by atoms with Gasteiger partial charge in [0.15, 0.2) is 17.5 Å². The van der Waals surface area contributed by atoms with Crippen LogP contribution in [0, 0.1) is 0 Å². The topological polar surface area (TPSA) is 89.6 Å². The standard InChI is InChI=1S/C21H34N4O4.HI/c1-21(2,3)29-20(26)25-13-11-24(12-14-25)19(22)23-10-6-7-16-8-9-17(27-4)18(15-16)28-5;/h8-9,15H,6-7,10-14H2,1-5H3,(H2,22,23);1H. The zero-order valence-electron chi connectivity index (χ0n) is 18.6. The highest BCUT2D eigenvalue weighted by atomic mass is 127. The van der Waals surface area contributed by atoms with Gasteiger partial charge in [0, 0.05) is 32.7 Å². The Kier molecular flexibility index (Phi) is 10.5. The Bertz CT molecular complexity index is 713. The van der Waals surface area contributed by atoms with E-state index in [9.17, 15) is 4.79 Å². The molecule has 0 unspecified atom stereocenters. The minimum Gasteiger partial charge on any atom is -0.493 e. The van der Waals surface area contributed by atoms with Crippen molar-refractivity contribution in [3.05, 3.63) is 23.8 Å². The third kappa shape index (κ3) is 8.08. The van der Waals surface area contributed by atoms with Gasteiger partial charge in [-0.1, -0.05) is 6.07 Å². The molecule has 0 bridgehead atoms. The van der Waals surface area contributed by atoms with E-state index >= 15 is 0 Å². The number of amides is 1. The van der Waals surface area contributed by atoms with Crippen molar-refractivity contribution in [3.63, 3.8) is 0 Å². The molecule has 2 N–H and O–H groups in total. The normalized spacial score (nSPS) is 14.8. The van der Waals surface area contributed by atoms with Crippen LogP contribution in [0.1, 0.15) is 32.8 Å². The van der Waals surface area contributed by atoms with Crippen molar-refractivity contribution in [1.29, 1.82) is 0 Å². The third-order valence-electron chi connectivity index (χ3n) is 4.60. The summed E-state index contributed by atoms with van der Waals surface area (Å²) in [6, 6.07) is 5.93. The lowest BCUT2D eigenvalue weighted by Gasteiger charge is -2.36. The van der Waals surface area contributed by atoms with Gasteiger partial charge in [0.2, 0.25) is 0 Å². The van der Waals surface area contributed by atoms with E-state index in [1.165, 1.54) is 5.56 Å². The summed E-state index contributed by atoms with van der Waals surface area (Å²) < 4.78 is 16.0. The number of benzene rings is 1. The maximum Gasteiger partial charge on any atom is 0.410 e. The van der Waals surface area contributed by atoms with E-state index < -0.39 is 5.60 Å². The molecule has 30 heavy (non-hydrogen) atoms. The number of aliphatic imine (C=N–C) groups is 1. The molecular weight excluding hydrogens is 499 g/mol. The van der Waals surface area contributed by atoms with Crippen LogP contribution >= 0.6 is 24.0 Å². The molecule has 0 aromatic heterocycles. The van der Waals surface area contributed by atoms with Crippen molar-refractivity contribution in [2.75, 3.05) is 46.9 Å². The number of aryl methyl sites for hydroxylation is 1. The SMILES string of the molecule is COc1ccc(CCCN=C(N)N2CCN(C(=O)OC(C)(C)C)CC2)cc1OC.I. The average molecular weight is 534 g/mol. The van der Waals surface area contributed by atoms with E-state index in [2.05, 4.69) is 4.99 Å². The molecule has 2 rings (SSSR count). The molecule has 1 amide bonds. The Morgan fingerprint density at radius 3 is 2.23 bits per heavy atom. The number of carbonyl (C=O) groups is 1. The molecule has 1 aliphatic heterocycles. The lowest BCUT2D eigenvalue weighted by Crippen LogP contribution is -2.53. The second-order valence-corrected chi connectivity index (χ2v) is 7.99. The molecule has 1 heterocycles. The number of nitrogens with zero attached hydrogens (tertiary/aromatic N) is 3. The summed E-state index contributed by atoms with van der Waals surface area (Å²) in [6.07, 6.45) is 1.49. The number of hydrogen-bond acceptors (Lipinski definition) is 5. The maximum absolute atomic E-state index is 12.1. The number of nitrogens with two attached hydrogens (primary N) is 1. The summed E-state index contributed by atoms with van der Waals surface area (Å²) in [5.74, 6) is 1.99. The van der Waals surface area contributed by atoms with Gasteiger partial charge in [0.25, 0.3) is 0 Å². The molecule has 0 spiro atoms. The van der Waals surface area contributed by atoms with Crippen LogP contribution in [0.3, 0.4) is 0 Å². The molecular formula is C21H35IN4O4. The summed E-state index contributed by atoms with van der Waals surface area (Å²) in [5, 5.41) is 0. The Balaban J connectivity index is 0.00000450. The highest BCUT2D eigenvalue weighted by Crippen LogP contribution is 2.27. The summed E-state index contributed by atoms with van der Waals surface area (Å²) in [4.78, 5) is 20.4. The fourth-order valence-corrected chi connectivity index (χ4v) is 3.06. The Morgan fingerprint density at radius 1 is 1.07 bits per heavy atom. The minimum atomic E-state index is -0.484. The molecule has 1 aliphatic rings. The van der Waals surface area contributed by atoms with Crippen LogP contribution in [0.15, 0.2) is 23.2 Å². The van der Waals surface area contributed by atoms with Crippen LogP contribution in [-0.2, 0) is 11.2 Å². The van der Waals surface area contributed by atoms with Crippen molar-refractivity contribution >= 4 is 36.0 Å². The molecule has 1 aromatic carbocycles. The highest BCUT2D eigenvalue weighted by molar-refractivity contribution is 14.0. The molecule has 0 radical (unpaired) electrons. The summed E-state index contributed by atoms with van der Waals surface area (Å²) >= 11 is 0. The van der Waals surface area contributed by atoms with Gasteiger partial charge in [-0.3, -0.25) is 4.99 Å². The molecule has 0 aliphatic carbocycles. The highest BCUT2D eigenvalue weighted by Gasteiger charge is 2.26. The first-order chi connectivity index (χ1) is 13.7. The Morgan fingerprint density at radius 2 is 1.67 bits per heavy atom. The zero-order chi connectivity index (χ0) is 21.4. The van der Waals surface area contributed by atoms with Gasteiger partial charge >= 0.3 is 6.09 Å². The number of piperazine rings is 1. The maximum atomic E-state index is 12.1. The third-order valence-corrected chi connectivity index (χ3v) is 4.60. The number of methoxy groups -OCH3 is 2. The van der Waals surface area contributed by atoms with E-state index in [-0.39, 0.29) is 30.1 Å². The molecule has 1 aromatic rings. The van der Waals surface area contributed by atoms with Gasteiger partial charge in [0.05, 0.1) is 14.2 Å². The lowest BCUT2D eigenvalue weighted by molar-refractivity contribution is 0.0186. The molecule has 1 fully saturated rings. The first-order valence-corrected chi connectivity index (χ1v) is 9.97. The van der Waals surface area contributed by atoms with Crippen molar-refractivity contribution < 1.29 is 19.0 Å². The smallest absolute Gasteiger partial charge is 0.410 e. The molecule has 8 nitrogen and oxygen atoms in total. The van der Waals surface area contributed by atoms with Gasteiger partial charge in [-0.05, 0) is 51.3 Å². The average Bonchev–Trinajstić information content (AvgIpc) is 2.69. The van der Waals surface area contributed by atoms with Gasteiger partial charge < -0.3 is 29.7 Å². The first kappa shape index (κ1) is 26.1. The van der Waals surface area contributed by atoms with Crippen LogP contribution < -0.4 is 15.2 Å². The monoisotopic (exact) mass is 534 g/mol. The van der Waals surface area contributed by atoms with Crippen molar-refractivity contribution in [2.45, 2.75) is 39.2 Å². The number of carbonyl (C=O) groups excluding carboxylic acids is 1. The van der Waals surface area contributed by atoms with Gasteiger partial charge in [0.1, 0.15) is 5.60 Å². The number of guanidine groups is 1.